The second-order valence-corrected chi connectivity index (χ2v) is 6.70. The maximum absolute atomic E-state index is 9.70. The molecule has 0 rings (SSSR count). The second-order valence-electron chi connectivity index (χ2n) is 2.42. The summed E-state index contributed by atoms with van der Waals surface area (Å²) in [5.41, 5.74) is 0. The third kappa shape index (κ3) is 2.82. The van der Waals surface area contributed by atoms with Crippen LogP contribution in [0.4, 0.5) is 0 Å². The first kappa shape index (κ1) is 8.92. The van der Waals surface area contributed by atoms with Crippen LogP contribution in [0.15, 0.2) is 12.7 Å². The lowest BCUT2D eigenvalue weighted by molar-refractivity contribution is 0.535. The molecule has 0 aromatic heterocycles. The summed E-state index contributed by atoms with van der Waals surface area (Å²) in [5, 5.41) is 0. The maximum atomic E-state index is 9.70. The minimum absolute atomic E-state index is 0.847. The quantitative estimate of drug-likeness (QED) is 0.473. The van der Waals surface area contributed by atoms with Crippen molar-refractivity contribution in [1.82, 2.24) is 0 Å². The number of hydrogen-bond donors (Lipinski definition) is 1. The van der Waals surface area contributed by atoms with Crippen molar-refractivity contribution in [2.75, 3.05) is 0 Å². The van der Waals surface area contributed by atoms with E-state index in [1.165, 1.54) is 0 Å². The van der Waals surface area contributed by atoms with Gasteiger partial charge in [0.05, 0.1) is 0 Å². The summed E-state index contributed by atoms with van der Waals surface area (Å²) in [6.45, 7) is 7.73. The van der Waals surface area contributed by atoms with Gasteiger partial charge in [0.2, 0.25) is 0 Å². The zero-order chi connectivity index (χ0) is 7.33. The van der Waals surface area contributed by atoms with E-state index in [0.717, 1.165) is 18.1 Å². The smallest absolute Gasteiger partial charge is 0.191 e. The minimum atomic E-state index is -1.82. The maximum Gasteiger partial charge on any atom is 0.191 e. The molecule has 0 atom stereocenters. The van der Waals surface area contributed by atoms with Gasteiger partial charge in [-0.15, -0.1) is 6.58 Å². The highest BCUT2D eigenvalue weighted by Gasteiger charge is 2.23. The van der Waals surface area contributed by atoms with E-state index in [2.05, 4.69) is 20.4 Å². The normalized spacial score (nSPS) is 11.4. The van der Waals surface area contributed by atoms with Gasteiger partial charge in [0.1, 0.15) is 0 Å². The van der Waals surface area contributed by atoms with Gasteiger partial charge in [-0.2, -0.15) is 0 Å². The van der Waals surface area contributed by atoms with E-state index in [0.29, 0.717) is 0 Å². The molecule has 0 spiro atoms. The zero-order valence-electron chi connectivity index (χ0n) is 6.35. The molecule has 9 heavy (non-hydrogen) atoms. The molecule has 0 fully saturated rings. The first-order valence-electron chi connectivity index (χ1n) is 3.51. The second kappa shape index (κ2) is 3.85. The zero-order valence-corrected chi connectivity index (χ0v) is 7.35. The van der Waals surface area contributed by atoms with Crippen LogP contribution in [0.25, 0.3) is 0 Å². The molecule has 54 valence electrons. The van der Waals surface area contributed by atoms with E-state index in [4.69, 9.17) is 0 Å². The first-order valence-corrected chi connectivity index (χ1v) is 6.08. The van der Waals surface area contributed by atoms with Gasteiger partial charge < -0.3 is 4.80 Å². The van der Waals surface area contributed by atoms with Crippen LogP contribution < -0.4 is 0 Å². The summed E-state index contributed by atoms with van der Waals surface area (Å²) in [6, 6.07) is 2.76. The van der Waals surface area contributed by atoms with Gasteiger partial charge in [0.15, 0.2) is 8.32 Å². The molecule has 0 saturated heterocycles. The van der Waals surface area contributed by atoms with Crippen molar-refractivity contribution >= 4 is 8.32 Å². The van der Waals surface area contributed by atoms with Gasteiger partial charge in [-0.1, -0.05) is 19.9 Å². The van der Waals surface area contributed by atoms with E-state index >= 15 is 0 Å². The predicted molar refractivity (Wildman–Crippen MR) is 43.9 cm³/mol. The Morgan fingerprint density at radius 3 is 2.00 bits per heavy atom. The number of rotatable bonds is 4. The van der Waals surface area contributed by atoms with Crippen molar-refractivity contribution in [3.63, 3.8) is 0 Å². The van der Waals surface area contributed by atoms with E-state index in [1.54, 1.807) is 0 Å². The molecule has 0 unspecified atom stereocenters. The third-order valence-electron chi connectivity index (χ3n) is 1.84. The predicted octanol–water partition coefficient (Wildman–Crippen LogP) is 2.15. The fourth-order valence-electron chi connectivity index (χ4n) is 0.807. The van der Waals surface area contributed by atoms with Crippen LogP contribution in [0.3, 0.4) is 0 Å². The topological polar surface area (TPSA) is 20.2 Å². The molecule has 0 bridgehead atoms. The molecule has 0 heterocycles. The Morgan fingerprint density at radius 1 is 1.44 bits per heavy atom. The van der Waals surface area contributed by atoms with E-state index in [9.17, 15) is 4.80 Å². The molecule has 0 radical (unpaired) electrons. The molecule has 0 aromatic rings. The lowest BCUT2D eigenvalue weighted by Crippen LogP contribution is -2.30. The molecular weight excluding hydrogens is 128 g/mol. The Balaban J connectivity index is 3.75. The fraction of sp³-hybridized carbons (Fsp3) is 0.714. The largest absolute Gasteiger partial charge is 0.431 e. The Bertz CT molecular complexity index is 86.9. The van der Waals surface area contributed by atoms with Gasteiger partial charge in [0, 0.05) is 0 Å². The molecule has 0 aromatic carbocycles. The summed E-state index contributed by atoms with van der Waals surface area (Å²) < 4.78 is 0. The third-order valence-corrected chi connectivity index (χ3v) is 5.52. The Kier molecular flexibility index (Phi) is 3.82. The molecule has 0 aliphatic rings. The molecule has 1 N–H and O–H groups in total. The highest BCUT2D eigenvalue weighted by Crippen LogP contribution is 2.16. The van der Waals surface area contributed by atoms with E-state index in [1.807, 2.05) is 6.08 Å². The monoisotopic (exact) mass is 144 g/mol. The van der Waals surface area contributed by atoms with Gasteiger partial charge in [-0.3, -0.25) is 0 Å². The van der Waals surface area contributed by atoms with Crippen LogP contribution >= 0.6 is 0 Å². The Hall–Kier alpha value is -0.0831. The number of hydrogen-bond acceptors (Lipinski definition) is 1. The van der Waals surface area contributed by atoms with Gasteiger partial charge in [-0.25, -0.2) is 0 Å². The molecule has 2 heteroatoms. The van der Waals surface area contributed by atoms with Crippen LogP contribution in [-0.4, -0.2) is 13.1 Å². The minimum Gasteiger partial charge on any atom is -0.431 e. The van der Waals surface area contributed by atoms with E-state index in [-0.39, 0.29) is 0 Å². The van der Waals surface area contributed by atoms with Crippen molar-refractivity contribution in [1.29, 1.82) is 0 Å². The average molecular weight is 144 g/mol. The van der Waals surface area contributed by atoms with Crippen molar-refractivity contribution in [2.45, 2.75) is 32.0 Å². The highest BCUT2D eigenvalue weighted by molar-refractivity contribution is 6.72. The van der Waals surface area contributed by atoms with Crippen LogP contribution in [0.1, 0.15) is 13.8 Å². The van der Waals surface area contributed by atoms with Gasteiger partial charge >= 0.3 is 0 Å². The van der Waals surface area contributed by atoms with Gasteiger partial charge in [0.25, 0.3) is 0 Å². The van der Waals surface area contributed by atoms with Crippen molar-refractivity contribution < 1.29 is 4.80 Å². The standard InChI is InChI=1S/C7H16OSi/c1-4-7-9(8,5-2)6-3/h4,8H,1,5-7H2,2-3H3. The summed E-state index contributed by atoms with van der Waals surface area (Å²) in [7, 11) is -1.82. The lowest BCUT2D eigenvalue weighted by Gasteiger charge is -2.18. The van der Waals surface area contributed by atoms with Crippen LogP contribution in [0, 0.1) is 0 Å². The van der Waals surface area contributed by atoms with Crippen LogP contribution in [0.5, 0.6) is 0 Å². The Morgan fingerprint density at radius 2 is 1.89 bits per heavy atom. The molecule has 0 aliphatic heterocycles. The van der Waals surface area contributed by atoms with Crippen molar-refractivity contribution in [3.05, 3.63) is 12.7 Å². The summed E-state index contributed by atoms with van der Waals surface area (Å²) >= 11 is 0. The van der Waals surface area contributed by atoms with Crippen LogP contribution in [0.2, 0.25) is 18.1 Å². The summed E-state index contributed by atoms with van der Waals surface area (Å²) in [6.07, 6.45) is 1.83. The highest BCUT2D eigenvalue weighted by atomic mass is 28.4. The molecular formula is C7H16OSi. The Labute approximate surface area is 58.5 Å². The molecule has 1 nitrogen and oxygen atoms in total. The molecule has 0 saturated carbocycles. The van der Waals surface area contributed by atoms with Crippen molar-refractivity contribution in [2.24, 2.45) is 0 Å². The SMILES string of the molecule is C=CC[Si](O)(CC)CC. The van der Waals surface area contributed by atoms with Crippen molar-refractivity contribution in [3.8, 4) is 0 Å². The fourth-order valence-corrected chi connectivity index (χ4v) is 2.42. The summed E-state index contributed by atoms with van der Waals surface area (Å²) in [4.78, 5) is 9.70. The van der Waals surface area contributed by atoms with E-state index < -0.39 is 8.32 Å². The molecule has 0 aliphatic carbocycles. The summed E-state index contributed by atoms with van der Waals surface area (Å²) in [5.74, 6) is 0. The van der Waals surface area contributed by atoms with Gasteiger partial charge in [-0.05, 0) is 18.1 Å². The van der Waals surface area contributed by atoms with Crippen LogP contribution in [-0.2, 0) is 0 Å². The number of allylic oxidation sites excluding steroid dienone is 1. The molecule has 0 amide bonds. The first-order chi connectivity index (χ1) is 4.18. The average Bonchev–Trinajstić information content (AvgIpc) is 1.89. The lowest BCUT2D eigenvalue weighted by atomic mass is 10.8.